The molecule has 2 nitrogen and oxygen atoms in total. The van der Waals surface area contributed by atoms with Crippen LogP contribution in [0.5, 0.6) is 0 Å². The number of nitrogens with zero attached hydrogens (tertiary/aromatic N) is 2. The smallest absolute Gasteiger partial charge is 0.179 e. The second kappa shape index (κ2) is 18.5. The first-order valence-corrected chi connectivity index (χ1v) is 26.7. The molecule has 3 heteroatoms. The van der Waals surface area contributed by atoms with Crippen LogP contribution in [0.2, 0.25) is 0 Å². The van der Waals surface area contributed by atoms with E-state index < -0.39 is 98.7 Å². The molecule has 0 unspecified atom stereocenters. The lowest BCUT2D eigenvalue weighted by Gasteiger charge is -2.34. The Bertz CT molecular complexity index is 5050. The minimum absolute atomic E-state index is 0.0822. The molecule has 0 bridgehead atoms. The fourth-order valence-electron chi connectivity index (χ4n) is 11.4. The van der Waals surface area contributed by atoms with E-state index in [1.807, 2.05) is 30.3 Å². The van der Waals surface area contributed by atoms with Gasteiger partial charge in [0.05, 0.1) is 42.6 Å². The van der Waals surface area contributed by atoms with Gasteiger partial charge in [-0.15, -0.1) is 0 Å². The van der Waals surface area contributed by atoms with E-state index >= 15 is 0 Å². The van der Waals surface area contributed by atoms with Gasteiger partial charge in [-0.2, -0.15) is 0 Å². The second-order valence-electron chi connectivity index (χ2n) is 18.5. The highest BCUT2D eigenvalue weighted by molar-refractivity contribution is 7.20. The van der Waals surface area contributed by atoms with Gasteiger partial charge in [0.2, 0.25) is 0 Å². The Morgan fingerprint density at radius 3 is 1.21 bits per heavy atom. The molecule has 0 N–H and O–H groups in total. The molecule has 14 aromatic rings. The average Bonchev–Trinajstić information content (AvgIpc) is 1.22. The summed E-state index contributed by atoms with van der Waals surface area (Å²) in [5, 5.41) is 9.10. The van der Waals surface area contributed by atoms with E-state index in [1.54, 1.807) is 12.1 Å². The first-order valence-electron chi connectivity index (χ1n) is 32.2. The Kier molecular flexibility index (Phi) is 7.68. The quantitative estimate of drug-likeness (QED) is 0.0955. The molecule has 2 aromatic heterocycles. The van der Waals surface area contributed by atoms with Gasteiger partial charge in [-0.1, -0.05) is 242 Å². The van der Waals surface area contributed by atoms with Crippen LogP contribution in [0.25, 0.3) is 99.5 Å². The first-order chi connectivity index (χ1) is 43.4. The fraction of sp³-hybridized carbons (Fsp3) is 0. The van der Waals surface area contributed by atoms with Gasteiger partial charge in [-0.3, -0.25) is 0 Å². The number of hydrogen-bond acceptors (Lipinski definition) is 0. The minimum Gasteiger partial charge on any atom is -0.309 e. The first kappa shape index (κ1) is 31.1. The molecule has 2 heterocycles. The third-order valence-corrected chi connectivity index (χ3v) is 19.3. The third-order valence-electron chi connectivity index (χ3n) is 14.5. The molecule has 0 aliphatic carbocycles. The van der Waals surface area contributed by atoms with Gasteiger partial charge in [0, 0.05) is 32.9 Å². The van der Waals surface area contributed by atoms with Crippen molar-refractivity contribution in [2.75, 3.05) is 0 Å². The average molecular weight is 986 g/mol. The lowest BCUT2D eigenvalue weighted by molar-refractivity contribution is 1.17. The van der Waals surface area contributed by atoms with Crippen molar-refractivity contribution in [3.63, 3.8) is 0 Å². The molecule has 0 aliphatic heterocycles. The summed E-state index contributed by atoms with van der Waals surface area (Å²) >= 11 is 0. The molecule has 12 aromatic carbocycles. The number of benzene rings is 12. The Labute approximate surface area is 459 Å². The third kappa shape index (κ3) is 7.39. The Morgan fingerprint density at radius 1 is 0.267 bits per heavy atom. The van der Waals surface area contributed by atoms with Crippen molar-refractivity contribution in [2.45, 2.75) is 0 Å². The van der Waals surface area contributed by atoms with Crippen LogP contribution in [0, 0.1) is 0 Å². The van der Waals surface area contributed by atoms with Crippen LogP contribution in [-0.4, -0.2) is 17.2 Å². The van der Waals surface area contributed by atoms with Crippen LogP contribution in [0.15, 0.2) is 303 Å². The Balaban J connectivity index is 1.01. The molecular weight excluding hydrogens is 921 g/mol. The van der Waals surface area contributed by atoms with Crippen LogP contribution >= 0.6 is 0 Å². The van der Waals surface area contributed by atoms with E-state index in [1.165, 1.54) is 32.9 Å². The van der Waals surface area contributed by atoms with Crippen LogP contribution < -0.4 is 20.7 Å². The van der Waals surface area contributed by atoms with Gasteiger partial charge < -0.3 is 9.13 Å². The number of rotatable bonds is 10. The molecular formula is C72H50N2Si. The number of para-hydroxylation sites is 2. The largest absolute Gasteiger partial charge is 0.309 e. The summed E-state index contributed by atoms with van der Waals surface area (Å²) in [6.45, 7) is 0. The molecule has 0 amide bonds. The summed E-state index contributed by atoms with van der Waals surface area (Å²) in [4.78, 5) is 0. The Morgan fingerprint density at radius 2 is 0.693 bits per heavy atom. The highest BCUT2D eigenvalue weighted by atomic mass is 28.3. The maximum Gasteiger partial charge on any atom is 0.179 e. The van der Waals surface area contributed by atoms with E-state index in [4.69, 9.17) is 15.1 Å². The molecule has 14 rings (SSSR count). The molecule has 75 heavy (non-hydrogen) atoms. The second-order valence-corrected chi connectivity index (χ2v) is 22.3. The van der Waals surface area contributed by atoms with Crippen LogP contribution in [0.1, 0.15) is 20.6 Å². The van der Waals surface area contributed by atoms with E-state index in [0.717, 1.165) is 49.3 Å². The van der Waals surface area contributed by atoms with Crippen LogP contribution in [-0.2, 0) is 0 Å². The zero-order valence-corrected chi connectivity index (χ0v) is 41.1. The van der Waals surface area contributed by atoms with Crippen molar-refractivity contribution in [3.05, 3.63) is 303 Å². The van der Waals surface area contributed by atoms with Gasteiger partial charge >= 0.3 is 0 Å². The van der Waals surface area contributed by atoms with Crippen LogP contribution in [0.4, 0.5) is 0 Å². The fourth-order valence-corrected chi connectivity index (χ4v) is 16.2. The highest BCUT2D eigenvalue weighted by Gasteiger charge is 2.41. The summed E-state index contributed by atoms with van der Waals surface area (Å²) in [7, 11) is -2.91. The van der Waals surface area contributed by atoms with Gasteiger partial charge in [0.1, 0.15) is 0 Å². The predicted octanol–water partition coefficient (Wildman–Crippen LogP) is 15.9. The summed E-state index contributed by atoms with van der Waals surface area (Å²) in [5.41, 5.74) is 4.36. The topological polar surface area (TPSA) is 9.86 Å². The van der Waals surface area contributed by atoms with Crippen molar-refractivity contribution < 1.29 is 20.6 Å². The zero-order valence-electron chi connectivity index (χ0n) is 55.1. The van der Waals surface area contributed by atoms with E-state index in [2.05, 4.69) is 167 Å². The minimum atomic E-state index is -2.91. The number of hydrogen-bond donors (Lipinski definition) is 0. The SMILES string of the molecule is [2H]c1c([2H])c([2H])c(-c2cc(-c3c([2H])c([2H])c([2H])c([2H])c3[2H])c(-c3cccc(-n4c5ccccc5c5cc(-n6c7ccccc7c7cc([Si](c8ccccc8)(c8ccccc8)c8ccccc8)ccc76)ccc54)c3)c(-c3c([2H])c([2H])c([2H])c([2H])c3[2H])c2)c([2H])c1[2H]. The molecule has 0 fully saturated rings. The maximum absolute atomic E-state index is 9.38. The van der Waals surface area contributed by atoms with Crippen molar-refractivity contribution in [1.29, 1.82) is 0 Å². The summed E-state index contributed by atoms with van der Waals surface area (Å²) in [6, 6.07) is 62.5. The maximum atomic E-state index is 9.38. The van der Waals surface area contributed by atoms with Gasteiger partial charge in [-0.25, -0.2) is 0 Å². The molecule has 0 aliphatic rings. The van der Waals surface area contributed by atoms with E-state index in [-0.39, 0.29) is 38.9 Å². The van der Waals surface area contributed by atoms with E-state index in [0.29, 0.717) is 11.3 Å². The number of aromatic nitrogens is 2. The summed E-state index contributed by atoms with van der Waals surface area (Å²) in [6.07, 6.45) is 0. The van der Waals surface area contributed by atoms with Gasteiger partial charge in [0.15, 0.2) is 8.07 Å². The van der Waals surface area contributed by atoms with Crippen molar-refractivity contribution in [2.24, 2.45) is 0 Å². The monoisotopic (exact) mass is 985 g/mol. The lowest BCUT2D eigenvalue weighted by Crippen LogP contribution is -2.74. The van der Waals surface area contributed by atoms with Crippen molar-refractivity contribution in [3.8, 4) is 55.9 Å². The predicted molar refractivity (Wildman–Crippen MR) is 320 cm³/mol. The molecule has 0 radical (unpaired) electrons. The molecule has 0 saturated carbocycles. The van der Waals surface area contributed by atoms with Gasteiger partial charge in [0.25, 0.3) is 0 Å². The molecule has 0 saturated heterocycles. The lowest BCUT2D eigenvalue weighted by atomic mass is 9.84. The number of fused-ring (bicyclic) bond motifs is 6. The van der Waals surface area contributed by atoms with E-state index in [9.17, 15) is 5.48 Å². The summed E-state index contributed by atoms with van der Waals surface area (Å²) in [5.74, 6) is 0. The Hall–Kier alpha value is -9.54. The standard InChI is InChI=1S/C72H50N2Si/c1-7-24-51(25-8-1)55-47-64(52-26-9-2-10-27-52)72(65(48-55)53-28-11-3-12-29-53)54-30-23-31-56(46-54)73-68-40-21-19-38-62(68)66-49-57(42-44-70(66)73)74-69-41-22-20-39-63(69)67-50-61(43-45-71(67)74)75(58-32-13-4-14-33-58,59-34-15-5-16-35-59)60-36-17-6-18-37-60/h1-50H/i1D,2D,3D,7D,8D,9D,10D,11D,12D,24D,25D,26D,27D,28D,29D. The van der Waals surface area contributed by atoms with Crippen molar-refractivity contribution in [1.82, 2.24) is 9.13 Å². The van der Waals surface area contributed by atoms with Crippen LogP contribution in [0.3, 0.4) is 0 Å². The highest BCUT2D eigenvalue weighted by Crippen LogP contribution is 2.45. The molecule has 352 valence electrons. The molecule has 0 atom stereocenters. The summed E-state index contributed by atoms with van der Waals surface area (Å²) < 4.78 is 138. The normalized spacial score (nSPS) is 14.5. The van der Waals surface area contributed by atoms with Crippen molar-refractivity contribution >= 4 is 72.4 Å². The zero-order chi connectivity index (χ0) is 62.8. The van der Waals surface area contributed by atoms with Gasteiger partial charge in [-0.05, 0) is 126 Å². The molecule has 0 spiro atoms.